The molecule has 5 heteroatoms. The number of hydrogen-bond donors (Lipinski definition) is 2. The average Bonchev–Trinajstić information content (AvgIpc) is 3.42. The maximum Gasteiger partial charge on any atom is 0.303 e. The van der Waals surface area contributed by atoms with Crippen LogP contribution in [0.4, 0.5) is 0 Å². The lowest BCUT2D eigenvalue weighted by Crippen LogP contribution is -2.59. The highest BCUT2D eigenvalue weighted by molar-refractivity contribution is 5.66. The highest BCUT2D eigenvalue weighted by atomic mass is 16.6. The first-order valence-electron chi connectivity index (χ1n) is 15.1. The summed E-state index contributed by atoms with van der Waals surface area (Å²) in [6.45, 7) is 17.3. The van der Waals surface area contributed by atoms with Crippen molar-refractivity contribution in [3.05, 3.63) is 0 Å². The van der Waals surface area contributed by atoms with Crippen molar-refractivity contribution in [2.24, 2.45) is 50.7 Å². The van der Waals surface area contributed by atoms with Crippen molar-refractivity contribution < 1.29 is 24.5 Å². The Morgan fingerprint density at radius 3 is 2.22 bits per heavy atom. The van der Waals surface area contributed by atoms with E-state index >= 15 is 0 Å². The van der Waals surface area contributed by atoms with Crippen molar-refractivity contribution in [1.82, 2.24) is 0 Å². The third kappa shape index (κ3) is 3.48. The minimum Gasteiger partial charge on any atom is -0.457 e. The average molecular weight is 519 g/mol. The summed E-state index contributed by atoms with van der Waals surface area (Å²) < 4.78 is 11.6. The molecule has 5 nitrogen and oxygen atoms in total. The van der Waals surface area contributed by atoms with Crippen molar-refractivity contribution >= 4 is 5.97 Å². The Bertz CT molecular complexity index is 928. The molecular weight excluding hydrogens is 464 g/mol. The summed E-state index contributed by atoms with van der Waals surface area (Å²) in [6.07, 6.45) is 9.25. The zero-order valence-corrected chi connectivity index (χ0v) is 25.0. The second-order valence-corrected chi connectivity index (χ2v) is 15.7. The highest BCUT2D eigenvalue weighted by Crippen LogP contribution is 2.89. The molecule has 0 bridgehead atoms. The summed E-state index contributed by atoms with van der Waals surface area (Å²) in [5.74, 6) is 1.65. The standard InChI is InChI=1S/C32H54O5/c1-19(16-26(36-9)28(5,6)37-20(2)33)21-17-25(35)30(8)23-11-10-22-27(3,4)24(34)12-13-31(22)18-32(23,31)15-14-29(21,30)7/h19,21-26,34-35H,10-18H2,1-9H3/t19-,21-,22+,23?,24?,25+,26?,29?,30-,31?,32?/m1/s1. The van der Waals surface area contributed by atoms with E-state index in [0.29, 0.717) is 34.5 Å². The van der Waals surface area contributed by atoms with Crippen LogP contribution in [0.3, 0.4) is 0 Å². The summed E-state index contributed by atoms with van der Waals surface area (Å²) in [6, 6.07) is 0. The number of carbonyl (C=O) groups is 1. The van der Waals surface area contributed by atoms with Gasteiger partial charge in [-0.2, -0.15) is 0 Å². The number of fused-ring (bicyclic) bond motifs is 2. The topological polar surface area (TPSA) is 76.0 Å². The molecule has 5 rings (SSSR count). The molecule has 0 aromatic heterocycles. The Balaban J connectivity index is 1.41. The van der Waals surface area contributed by atoms with Crippen LogP contribution in [-0.4, -0.2) is 47.2 Å². The summed E-state index contributed by atoms with van der Waals surface area (Å²) in [7, 11) is 1.72. The van der Waals surface area contributed by atoms with Gasteiger partial charge in [-0.1, -0.05) is 34.6 Å². The lowest BCUT2D eigenvalue weighted by molar-refractivity contribution is -0.184. The predicted molar refractivity (Wildman–Crippen MR) is 145 cm³/mol. The van der Waals surface area contributed by atoms with Gasteiger partial charge in [0.2, 0.25) is 0 Å². The number of hydrogen-bond acceptors (Lipinski definition) is 5. The molecule has 0 radical (unpaired) electrons. The molecule has 37 heavy (non-hydrogen) atoms. The molecule has 2 spiro atoms. The van der Waals surface area contributed by atoms with Crippen molar-refractivity contribution in [3.63, 3.8) is 0 Å². The molecule has 0 aromatic rings. The van der Waals surface area contributed by atoms with Crippen molar-refractivity contribution in [2.75, 3.05) is 7.11 Å². The van der Waals surface area contributed by atoms with Crippen LogP contribution in [0.1, 0.15) is 113 Å². The molecule has 5 fully saturated rings. The summed E-state index contributed by atoms with van der Waals surface area (Å²) in [5.41, 5.74) is 0.0150. The molecule has 5 saturated carbocycles. The normalized spacial score (nSPS) is 49.6. The molecule has 0 amide bonds. The maximum atomic E-state index is 11.9. The van der Waals surface area contributed by atoms with Crippen LogP contribution in [0, 0.1) is 50.7 Å². The first kappa shape index (κ1) is 27.9. The fraction of sp³-hybridized carbons (Fsp3) is 0.969. The minimum absolute atomic E-state index is 0.0103. The highest BCUT2D eigenvalue weighted by Gasteiger charge is 2.83. The van der Waals surface area contributed by atoms with Gasteiger partial charge in [0, 0.05) is 19.4 Å². The lowest BCUT2D eigenvalue weighted by Gasteiger charge is -2.63. The fourth-order valence-corrected chi connectivity index (χ4v) is 11.9. The monoisotopic (exact) mass is 518 g/mol. The molecule has 11 atom stereocenters. The molecule has 212 valence electrons. The van der Waals surface area contributed by atoms with E-state index in [1.807, 2.05) is 13.8 Å². The largest absolute Gasteiger partial charge is 0.457 e. The number of esters is 1. The van der Waals surface area contributed by atoms with Crippen LogP contribution in [0.25, 0.3) is 0 Å². The van der Waals surface area contributed by atoms with Gasteiger partial charge in [-0.25, -0.2) is 0 Å². The van der Waals surface area contributed by atoms with Gasteiger partial charge in [0.15, 0.2) is 0 Å². The third-order valence-electron chi connectivity index (χ3n) is 14.0. The summed E-state index contributed by atoms with van der Waals surface area (Å²) in [4.78, 5) is 11.7. The van der Waals surface area contributed by atoms with E-state index in [4.69, 9.17) is 9.47 Å². The van der Waals surface area contributed by atoms with Crippen LogP contribution in [0.2, 0.25) is 0 Å². The molecule has 0 aromatic carbocycles. The molecule has 0 saturated heterocycles. The first-order valence-corrected chi connectivity index (χ1v) is 15.1. The lowest BCUT2D eigenvalue weighted by atomic mass is 9.41. The van der Waals surface area contributed by atoms with Crippen molar-refractivity contribution in [3.8, 4) is 0 Å². The fourth-order valence-electron chi connectivity index (χ4n) is 11.9. The third-order valence-corrected chi connectivity index (χ3v) is 14.0. The van der Waals surface area contributed by atoms with E-state index in [-0.39, 0.29) is 40.5 Å². The van der Waals surface area contributed by atoms with E-state index in [9.17, 15) is 15.0 Å². The Morgan fingerprint density at radius 1 is 0.973 bits per heavy atom. The number of aliphatic hydroxyl groups is 2. The molecule has 0 heterocycles. The van der Waals surface area contributed by atoms with E-state index in [2.05, 4.69) is 34.6 Å². The number of carbonyl (C=O) groups excluding carboxylic acids is 1. The van der Waals surface area contributed by atoms with Gasteiger partial charge in [0.1, 0.15) is 5.60 Å². The van der Waals surface area contributed by atoms with E-state index in [1.54, 1.807) is 7.11 Å². The smallest absolute Gasteiger partial charge is 0.303 e. The van der Waals surface area contributed by atoms with Gasteiger partial charge in [0.25, 0.3) is 0 Å². The Kier molecular flexibility index (Phi) is 6.35. The van der Waals surface area contributed by atoms with Gasteiger partial charge in [-0.05, 0) is 117 Å². The number of aliphatic hydroxyl groups excluding tert-OH is 2. The maximum absolute atomic E-state index is 11.9. The van der Waals surface area contributed by atoms with Gasteiger partial charge in [-0.15, -0.1) is 0 Å². The Labute approximate surface area is 225 Å². The molecular formula is C32H54O5. The molecule has 5 aliphatic carbocycles. The number of ether oxygens (including phenoxy) is 2. The SMILES string of the molecule is COC(C[C@@H](C)[C@H]1C[C@H](O)[C@@]2(C)C3CC[C@H]4C(C)(C)C(O)CCC45CC35CCC12C)C(C)(C)OC(C)=O. The molecule has 5 aliphatic rings. The zero-order chi connectivity index (χ0) is 27.4. The van der Waals surface area contributed by atoms with Crippen molar-refractivity contribution in [1.29, 1.82) is 0 Å². The van der Waals surface area contributed by atoms with Crippen LogP contribution >= 0.6 is 0 Å². The quantitative estimate of drug-likeness (QED) is 0.413. The Morgan fingerprint density at radius 2 is 1.59 bits per heavy atom. The first-order chi connectivity index (χ1) is 17.0. The number of rotatable bonds is 6. The van der Waals surface area contributed by atoms with E-state index < -0.39 is 5.60 Å². The molecule has 0 aliphatic heterocycles. The Hall–Kier alpha value is -0.650. The second kappa shape index (κ2) is 8.43. The number of methoxy groups -OCH3 is 1. The van der Waals surface area contributed by atoms with Gasteiger partial charge in [-0.3, -0.25) is 4.79 Å². The van der Waals surface area contributed by atoms with Crippen LogP contribution in [0.5, 0.6) is 0 Å². The van der Waals surface area contributed by atoms with Crippen LogP contribution in [0.15, 0.2) is 0 Å². The van der Waals surface area contributed by atoms with E-state index in [0.717, 1.165) is 19.3 Å². The minimum atomic E-state index is -0.690. The van der Waals surface area contributed by atoms with Gasteiger partial charge < -0.3 is 19.7 Å². The summed E-state index contributed by atoms with van der Waals surface area (Å²) in [5, 5.41) is 22.8. The second-order valence-electron chi connectivity index (χ2n) is 15.7. The predicted octanol–water partition coefficient (Wildman–Crippen LogP) is 6.14. The van der Waals surface area contributed by atoms with E-state index in [1.165, 1.54) is 45.4 Å². The summed E-state index contributed by atoms with van der Waals surface area (Å²) >= 11 is 0. The van der Waals surface area contributed by atoms with Crippen molar-refractivity contribution in [2.45, 2.75) is 137 Å². The van der Waals surface area contributed by atoms with Gasteiger partial charge >= 0.3 is 5.97 Å². The van der Waals surface area contributed by atoms with Gasteiger partial charge in [0.05, 0.1) is 18.3 Å². The molecule has 6 unspecified atom stereocenters. The molecule has 2 N–H and O–H groups in total. The van der Waals surface area contributed by atoms with Crippen LogP contribution < -0.4 is 0 Å². The van der Waals surface area contributed by atoms with Crippen LogP contribution in [-0.2, 0) is 14.3 Å². The zero-order valence-electron chi connectivity index (χ0n) is 25.0.